The van der Waals surface area contributed by atoms with E-state index in [1.165, 1.54) is 10.6 Å². The number of rotatable bonds is 2. The molecule has 0 fully saturated rings. The van der Waals surface area contributed by atoms with Crippen molar-refractivity contribution in [2.24, 2.45) is 0 Å². The van der Waals surface area contributed by atoms with E-state index in [0.29, 0.717) is 6.54 Å². The van der Waals surface area contributed by atoms with Crippen molar-refractivity contribution in [3.05, 3.63) is 40.8 Å². The van der Waals surface area contributed by atoms with Crippen LogP contribution in [0.1, 0.15) is 6.92 Å². The van der Waals surface area contributed by atoms with Gasteiger partial charge >= 0.3 is 0 Å². The summed E-state index contributed by atoms with van der Waals surface area (Å²) in [6.45, 7) is 5.96. The SMILES string of the molecule is C=C(C)Cn1cccc(O)c1=O. The second-order valence-corrected chi connectivity index (χ2v) is 2.78. The highest BCUT2D eigenvalue weighted by atomic mass is 16.3. The third-order valence-electron chi connectivity index (χ3n) is 1.44. The predicted molar refractivity (Wildman–Crippen MR) is 47.2 cm³/mol. The largest absolute Gasteiger partial charge is 0.503 e. The summed E-state index contributed by atoms with van der Waals surface area (Å²) in [6, 6.07) is 3.00. The van der Waals surface area contributed by atoms with Gasteiger partial charge in [-0.15, -0.1) is 0 Å². The van der Waals surface area contributed by atoms with E-state index in [4.69, 9.17) is 5.11 Å². The minimum atomic E-state index is -0.375. The molecule has 3 heteroatoms. The van der Waals surface area contributed by atoms with Crippen molar-refractivity contribution in [3.63, 3.8) is 0 Å². The second-order valence-electron chi connectivity index (χ2n) is 2.78. The van der Waals surface area contributed by atoms with E-state index in [9.17, 15) is 4.79 Å². The van der Waals surface area contributed by atoms with Crippen molar-refractivity contribution >= 4 is 0 Å². The van der Waals surface area contributed by atoms with Gasteiger partial charge in [-0.2, -0.15) is 0 Å². The Morgan fingerprint density at radius 1 is 1.75 bits per heavy atom. The van der Waals surface area contributed by atoms with E-state index < -0.39 is 0 Å². The summed E-state index contributed by atoms with van der Waals surface area (Å²) in [7, 11) is 0. The third-order valence-corrected chi connectivity index (χ3v) is 1.44. The third kappa shape index (κ3) is 1.75. The van der Waals surface area contributed by atoms with Crippen LogP contribution < -0.4 is 5.56 Å². The van der Waals surface area contributed by atoms with Gasteiger partial charge in [-0.1, -0.05) is 12.2 Å². The minimum absolute atomic E-state index is 0.223. The van der Waals surface area contributed by atoms with Gasteiger partial charge in [0, 0.05) is 12.7 Å². The Hall–Kier alpha value is -1.51. The fraction of sp³-hybridized carbons (Fsp3) is 0.222. The fourth-order valence-electron chi connectivity index (χ4n) is 0.939. The van der Waals surface area contributed by atoms with Crippen LogP contribution in [-0.4, -0.2) is 9.67 Å². The first-order valence-corrected chi connectivity index (χ1v) is 3.64. The van der Waals surface area contributed by atoms with Crippen molar-refractivity contribution in [3.8, 4) is 5.75 Å². The number of aromatic hydroxyl groups is 1. The number of pyridine rings is 1. The Labute approximate surface area is 70.6 Å². The summed E-state index contributed by atoms with van der Waals surface area (Å²) in [5, 5.41) is 9.05. The molecule has 1 aromatic heterocycles. The molecule has 0 aliphatic rings. The molecule has 3 nitrogen and oxygen atoms in total. The van der Waals surface area contributed by atoms with Gasteiger partial charge in [0.1, 0.15) is 0 Å². The normalized spacial score (nSPS) is 9.75. The van der Waals surface area contributed by atoms with E-state index in [0.717, 1.165) is 5.57 Å². The average Bonchev–Trinajstić information content (AvgIpc) is 1.98. The van der Waals surface area contributed by atoms with Crippen molar-refractivity contribution in [2.75, 3.05) is 0 Å². The number of allylic oxidation sites excluding steroid dienone is 1. The van der Waals surface area contributed by atoms with Crippen LogP contribution in [0.15, 0.2) is 35.3 Å². The Kier molecular flexibility index (Phi) is 2.33. The molecule has 1 heterocycles. The maximum absolute atomic E-state index is 11.2. The molecular formula is C9H11NO2. The van der Waals surface area contributed by atoms with Gasteiger partial charge in [0.25, 0.3) is 5.56 Å². The molecule has 1 rings (SSSR count). The first kappa shape index (κ1) is 8.59. The first-order valence-electron chi connectivity index (χ1n) is 3.64. The van der Waals surface area contributed by atoms with Gasteiger partial charge in [0.15, 0.2) is 5.75 Å². The zero-order chi connectivity index (χ0) is 9.14. The molecule has 0 bridgehead atoms. The molecule has 1 N–H and O–H groups in total. The molecule has 64 valence electrons. The van der Waals surface area contributed by atoms with E-state index in [1.54, 1.807) is 12.3 Å². The highest BCUT2D eigenvalue weighted by Gasteiger charge is 1.99. The molecule has 1 aromatic rings. The second kappa shape index (κ2) is 3.26. The van der Waals surface area contributed by atoms with Crippen molar-refractivity contribution < 1.29 is 5.11 Å². The van der Waals surface area contributed by atoms with E-state index in [2.05, 4.69) is 6.58 Å². The van der Waals surface area contributed by atoms with Crippen LogP contribution in [0.4, 0.5) is 0 Å². The summed E-state index contributed by atoms with van der Waals surface area (Å²) in [4.78, 5) is 11.2. The highest BCUT2D eigenvalue weighted by molar-refractivity contribution is 5.15. The number of hydrogen-bond donors (Lipinski definition) is 1. The Morgan fingerprint density at radius 3 is 3.00 bits per heavy atom. The lowest BCUT2D eigenvalue weighted by atomic mass is 10.3. The molecule has 0 atom stereocenters. The topological polar surface area (TPSA) is 42.2 Å². The summed E-state index contributed by atoms with van der Waals surface area (Å²) < 4.78 is 1.41. The van der Waals surface area contributed by atoms with E-state index in [-0.39, 0.29) is 11.3 Å². The first-order chi connectivity index (χ1) is 5.61. The molecule has 0 saturated carbocycles. The lowest BCUT2D eigenvalue weighted by molar-refractivity contribution is 0.459. The van der Waals surface area contributed by atoms with Gasteiger partial charge in [-0.05, 0) is 19.1 Å². The monoisotopic (exact) mass is 165 g/mol. The van der Waals surface area contributed by atoms with Crippen molar-refractivity contribution in [1.29, 1.82) is 0 Å². The Bertz CT molecular complexity index is 352. The predicted octanol–water partition coefficient (Wildman–Crippen LogP) is 1.13. The summed E-state index contributed by atoms with van der Waals surface area (Å²) in [6.07, 6.45) is 1.62. The number of hydrogen-bond acceptors (Lipinski definition) is 2. The Balaban J connectivity index is 3.09. The maximum Gasteiger partial charge on any atom is 0.292 e. The molecule has 0 spiro atoms. The zero-order valence-corrected chi connectivity index (χ0v) is 6.95. The quantitative estimate of drug-likeness (QED) is 0.667. The van der Waals surface area contributed by atoms with Gasteiger partial charge in [-0.25, -0.2) is 0 Å². The number of nitrogens with zero attached hydrogens (tertiary/aromatic N) is 1. The molecule has 0 amide bonds. The van der Waals surface area contributed by atoms with Crippen LogP contribution in [0, 0.1) is 0 Å². The van der Waals surface area contributed by atoms with Crippen LogP contribution in [0.2, 0.25) is 0 Å². The maximum atomic E-state index is 11.2. The van der Waals surface area contributed by atoms with E-state index in [1.807, 2.05) is 6.92 Å². The molecule has 0 unspecified atom stereocenters. The van der Waals surface area contributed by atoms with Crippen LogP contribution in [0.3, 0.4) is 0 Å². The standard InChI is InChI=1S/C9H11NO2/c1-7(2)6-10-5-3-4-8(11)9(10)12/h3-5,11H,1,6H2,2H3. The molecular weight excluding hydrogens is 154 g/mol. The molecule has 0 saturated heterocycles. The Morgan fingerprint density at radius 2 is 2.42 bits per heavy atom. The van der Waals surface area contributed by atoms with Crippen LogP contribution in [0.5, 0.6) is 5.75 Å². The van der Waals surface area contributed by atoms with E-state index >= 15 is 0 Å². The molecule has 0 radical (unpaired) electrons. The summed E-state index contributed by atoms with van der Waals surface area (Å²) >= 11 is 0. The van der Waals surface area contributed by atoms with Gasteiger partial charge in [0.05, 0.1) is 0 Å². The minimum Gasteiger partial charge on any atom is -0.503 e. The molecule has 0 aliphatic carbocycles. The van der Waals surface area contributed by atoms with Crippen molar-refractivity contribution in [2.45, 2.75) is 13.5 Å². The van der Waals surface area contributed by atoms with Crippen LogP contribution >= 0.6 is 0 Å². The lowest BCUT2D eigenvalue weighted by Crippen LogP contribution is -2.18. The van der Waals surface area contributed by atoms with Gasteiger partial charge in [0.2, 0.25) is 0 Å². The summed E-state index contributed by atoms with van der Waals surface area (Å²) in [5.41, 5.74) is 0.503. The summed E-state index contributed by atoms with van der Waals surface area (Å²) in [5.74, 6) is -0.223. The fourth-order valence-corrected chi connectivity index (χ4v) is 0.939. The van der Waals surface area contributed by atoms with Crippen molar-refractivity contribution in [1.82, 2.24) is 4.57 Å². The van der Waals surface area contributed by atoms with Gasteiger partial charge < -0.3 is 9.67 Å². The number of aromatic nitrogens is 1. The molecule has 0 aliphatic heterocycles. The van der Waals surface area contributed by atoms with Crippen LogP contribution in [-0.2, 0) is 6.54 Å². The average molecular weight is 165 g/mol. The van der Waals surface area contributed by atoms with Crippen LogP contribution in [0.25, 0.3) is 0 Å². The molecule has 12 heavy (non-hydrogen) atoms. The smallest absolute Gasteiger partial charge is 0.292 e. The zero-order valence-electron chi connectivity index (χ0n) is 6.95. The highest BCUT2D eigenvalue weighted by Crippen LogP contribution is 1.99. The lowest BCUT2D eigenvalue weighted by Gasteiger charge is -2.03. The van der Waals surface area contributed by atoms with Gasteiger partial charge in [-0.3, -0.25) is 4.79 Å². The molecule has 0 aromatic carbocycles.